The Morgan fingerprint density at radius 2 is 1.22 bits per heavy atom. The number of para-hydroxylation sites is 1. The van der Waals surface area contributed by atoms with E-state index in [9.17, 15) is 14.7 Å². The monoisotopic (exact) mass is 473 g/mol. The molecule has 0 aromatic heterocycles. The van der Waals surface area contributed by atoms with Crippen LogP contribution in [0.5, 0.6) is 5.75 Å². The van der Waals surface area contributed by atoms with Crippen LogP contribution in [-0.2, 0) is 9.59 Å². The van der Waals surface area contributed by atoms with Gasteiger partial charge >= 0.3 is 11.9 Å². The first-order valence-electron chi connectivity index (χ1n) is 11.7. The molecule has 0 radical (unpaired) electrons. The third kappa shape index (κ3) is 4.25. The first-order valence-corrected chi connectivity index (χ1v) is 11.7. The van der Waals surface area contributed by atoms with Crippen molar-refractivity contribution >= 4 is 11.9 Å². The number of benzene rings is 4. The number of carboxylic acids is 1. The van der Waals surface area contributed by atoms with Crippen molar-refractivity contribution in [2.75, 3.05) is 0 Å². The quantitative estimate of drug-likeness (QED) is 0.273. The second-order valence-electron chi connectivity index (χ2n) is 8.87. The number of aliphatic carboxylic acids is 1. The fourth-order valence-electron chi connectivity index (χ4n) is 5.22. The molecule has 3 unspecified atom stereocenters. The molecule has 0 bridgehead atoms. The summed E-state index contributed by atoms with van der Waals surface area (Å²) in [6, 6.07) is 35.0. The topological polar surface area (TPSA) is 87.4 Å². The van der Waals surface area contributed by atoms with E-state index in [1.807, 2.05) is 84.9 Å². The van der Waals surface area contributed by atoms with Crippen molar-refractivity contribution in [3.8, 4) is 22.9 Å². The van der Waals surface area contributed by atoms with Crippen LogP contribution in [0.3, 0.4) is 0 Å². The van der Waals surface area contributed by atoms with Crippen molar-refractivity contribution in [1.29, 1.82) is 5.26 Å². The van der Waals surface area contributed by atoms with Crippen molar-refractivity contribution in [3.05, 3.63) is 126 Å². The van der Waals surface area contributed by atoms with Gasteiger partial charge in [-0.1, -0.05) is 91.0 Å². The molecule has 36 heavy (non-hydrogen) atoms. The van der Waals surface area contributed by atoms with Gasteiger partial charge in [0, 0.05) is 17.4 Å². The molecule has 176 valence electrons. The maximum Gasteiger partial charge on any atom is 0.315 e. The van der Waals surface area contributed by atoms with Crippen LogP contribution in [0, 0.1) is 23.2 Å². The van der Waals surface area contributed by atoms with Crippen molar-refractivity contribution in [3.63, 3.8) is 0 Å². The van der Waals surface area contributed by atoms with Gasteiger partial charge in [0.25, 0.3) is 0 Å². The number of esters is 1. The summed E-state index contributed by atoms with van der Waals surface area (Å²) in [5, 5.41) is 19.3. The number of carbonyl (C=O) groups is 2. The fraction of sp³-hybridized carbons (Fsp3) is 0.129. The highest BCUT2D eigenvalue weighted by Crippen LogP contribution is 2.58. The number of rotatable bonds is 6. The van der Waals surface area contributed by atoms with Crippen molar-refractivity contribution in [1.82, 2.24) is 0 Å². The van der Waals surface area contributed by atoms with Gasteiger partial charge in [0.15, 0.2) is 0 Å². The van der Waals surface area contributed by atoms with Crippen molar-refractivity contribution in [2.45, 2.75) is 11.8 Å². The summed E-state index contributed by atoms with van der Waals surface area (Å²) in [7, 11) is 0. The van der Waals surface area contributed by atoms with E-state index in [1.165, 1.54) is 0 Å². The zero-order chi connectivity index (χ0) is 25.1. The number of carboxylic acid groups (broad SMARTS) is 1. The normalized spacial score (nSPS) is 20.5. The predicted octanol–water partition coefficient (Wildman–Crippen LogP) is 6.03. The number of hydrogen-bond donors (Lipinski definition) is 1. The van der Waals surface area contributed by atoms with Gasteiger partial charge in [0.2, 0.25) is 0 Å². The number of nitrogens with zero attached hydrogens (tertiary/aromatic N) is 1. The molecule has 0 amide bonds. The van der Waals surface area contributed by atoms with Crippen molar-refractivity contribution in [2.24, 2.45) is 11.8 Å². The molecule has 5 rings (SSSR count). The van der Waals surface area contributed by atoms with Gasteiger partial charge in [-0.15, -0.1) is 0 Å². The smallest absolute Gasteiger partial charge is 0.315 e. The molecule has 1 saturated carbocycles. The van der Waals surface area contributed by atoms with Crippen LogP contribution in [0.15, 0.2) is 109 Å². The summed E-state index contributed by atoms with van der Waals surface area (Å²) in [4.78, 5) is 26.1. The first-order chi connectivity index (χ1) is 17.6. The van der Waals surface area contributed by atoms with Gasteiger partial charge in [-0.05, 0) is 34.9 Å². The number of ether oxygens (including phenoxy) is 1. The summed E-state index contributed by atoms with van der Waals surface area (Å²) >= 11 is 0. The van der Waals surface area contributed by atoms with Gasteiger partial charge in [-0.3, -0.25) is 9.59 Å². The van der Waals surface area contributed by atoms with Crippen LogP contribution >= 0.6 is 0 Å². The lowest BCUT2D eigenvalue weighted by Crippen LogP contribution is -2.52. The number of carbonyl (C=O) groups excluding carboxylic acids is 1. The molecule has 4 aromatic carbocycles. The maximum absolute atomic E-state index is 13.8. The molecule has 0 spiro atoms. The Morgan fingerprint density at radius 3 is 1.75 bits per heavy atom. The molecule has 1 fully saturated rings. The third-order valence-electron chi connectivity index (χ3n) is 6.90. The molecular formula is C31H23NO4. The highest BCUT2D eigenvalue weighted by Gasteiger charge is 2.59. The van der Waals surface area contributed by atoms with E-state index in [2.05, 4.69) is 6.07 Å². The van der Waals surface area contributed by atoms with E-state index >= 15 is 0 Å². The second-order valence-corrected chi connectivity index (χ2v) is 8.87. The molecule has 0 saturated heterocycles. The summed E-state index contributed by atoms with van der Waals surface area (Å²) in [6.45, 7) is 0. The van der Waals surface area contributed by atoms with Crippen LogP contribution in [0.1, 0.15) is 28.5 Å². The molecular weight excluding hydrogens is 450 g/mol. The van der Waals surface area contributed by atoms with Gasteiger partial charge in [0.05, 0.1) is 23.5 Å². The zero-order valence-electron chi connectivity index (χ0n) is 19.3. The average molecular weight is 474 g/mol. The van der Waals surface area contributed by atoms with Crippen LogP contribution in [-0.4, -0.2) is 17.0 Å². The van der Waals surface area contributed by atoms with E-state index in [0.29, 0.717) is 11.3 Å². The maximum atomic E-state index is 13.8. The molecule has 5 nitrogen and oxygen atoms in total. The van der Waals surface area contributed by atoms with Crippen LogP contribution in [0.25, 0.3) is 11.1 Å². The summed E-state index contributed by atoms with van der Waals surface area (Å²) < 4.78 is 6.00. The number of nitriles is 1. The number of hydrogen-bond acceptors (Lipinski definition) is 4. The molecule has 4 aromatic rings. The molecule has 0 heterocycles. The highest BCUT2D eigenvalue weighted by molar-refractivity contribution is 5.87. The van der Waals surface area contributed by atoms with Gasteiger partial charge in [0.1, 0.15) is 5.75 Å². The highest BCUT2D eigenvalue weighted by atomic mass is 16.5. The lowest BCUT2D eigenvalue weighted by Gasteiger charge is -2.49. The third-order valence-corrected chi connectivity index (χ3v) is 6.90. The minimum atomic E-state index is -0.931. The van der Waals surface area contributed by atoms with Gasteiger partial charge in [-0.2, -0.15) is 5.26 Å². The molecule has 4 atom stereocenters. The Morgan fingerprint density at radius 1 is 0.694 bits per heavy atom. The fourth-order valence-corrected chi connectivity index (χ4v) is 5.22. The summed E-state index contributed by atoms with van der Waals surface area (Å²) in [5.41, 5.74) is 3.68. The van der Waals surface area contributed by atoms with E-state index in [4.69, 9.17) is 10.00 Å². The van der Waals surface area contributed by atoms with Crippen LogP contribution in [0.4, 0.5) is 0 Å². The lowest BCUT2D eigenvalue weighted by molar-refractivity contribution is -0.158. The van der Waals surface area contributed by atoms with Crippen LogP contribution < -0.4 is 4.74 Å². The minimum absolute atomic E-state index is 0.393. The Hall–Kier alpha value is -4.69. The van der Waals surface area contributed by atoms with Crippen LogP contribution in [0.2, 0.25) is 0 Å². The Kier molecular flexibility index (Phi) is 6.34. The summed E-state index contributed by atoms with van der Waals surface area (Å²) in [6.07, 6.45) is 0. The molecule has 1 aliphatic rings. The largest absolute Gasteiger partial charge is 0.481 e. The molecule has 1 aliphatic carbocycles. The lowest BCUT2D eigenvalue weighted by atomic mass is 9.52. The Balaban J connectivity index is 1.52. The van der Waals surface area contributed by atoms with Gasteiger partial charge in [-0.25, -0.2) is 0 Å². The van der Waals surface area contributed by atoms with E-state index in [-0.39, 0.29) is 0 Å². The second kappa shape index (κ2) is 9.89. The summed E-state index contributed by atoms with van der Waals surface area (Å²) in [5.74, 6) is -3.43. The first kappa shape index (κ1) is 23.1. The minimum Gasteiger partial charge on any atom is -0.481 e. The zero-order valence-corrected chi connectivity index (χ0v) is 19.3. The average Bonchev–Trinajstić information content (AvgIpc) is 2.89. The standard InChI is InChI=1S/C31H23NO4/c32-19-20-15-17-21(18-16-20)24-13-7-8-14-25(24)36-31(35)29-26(22-9-3-1-4-10-22)28(30(33)34)27(29)23-11-5-2-6-12-23/h1-18,26-29H,(H,33,34)/t26-,27?,28?,29?/m0/s1. The Bertz CT molecular complexity index is 1380. The van der Waals surface area contributed by atoms with E-state index in [1.54, 1.807) is 24.3 Å². The molecule has 0 aliphatic heterocycles. The van der Waals surface area contributed by atoms with Gasteiger partial charge < -0.3 is 9.84 Å². The van der Waals surface area contributed by atoms with Crippen molar-refractivity contribution < 1.29 is 19.4 Å². The predicted molar refractivity (Wildman–Crippen MR) is 135 cm³/mol. The molecule has 1 N–H and O–H groups in total. The molecule has 5 heteroatoms. The van der Waals surface area contributed by atoms with E-state index < -0.39 is 35.6 Å². The van der Waals surface area contributed by atoms with E-state index in [0.717, 1.165) is 22.3 Å². The SMILES string of the molecule is N#Cc1ccc(-c2ccccc2OC(=O)C2C(c3ccccc3)C(C(=O)O)[C@@H]2c2ccccc2)cc1. The Labute approximate surface area is 209 Å².